The summed E-state index contributed by atoms with van der Waals surface area (Å²) in [6.07, 6.45) is 8.62. The van der Waals surface area contributed by atoms with Gasteiger partial charge in [0.25, 0.3) is 0 Å². The summed E-state index contributed by atoms with van der Waals surface area (Å²) in [5.41, 5.74) is 1.39. The van der Waals surface area contributed by atoms with E-state index in [1.165, 1.54) is 24.8 Å². The largest absolute Gasteiger partial charge is 0.314 e. The Morgan fingerprint density at radius 1 is 1.24 bits per heavy atom. The Morgan fingerprint density at radius 3 is 2.53 bits per heavy atom. The molecule has 0 amide bonds. The number of nitrogens with one attached hydrogen (secondary N) is 1. The van der Waals surface area contributed by atoms with Crippen LogP contribution in [0.25, 0.3) is 0 Å². The van der Waals surface area contributed by atoms with Gasteiger partial charge in [-0.2, -0.15) is 0 Å². The van der Waals surface area contributed by atoms with Crippen LogP contribution in [0, 0.1) is 5.92 Å². The van der Waals surface area contributed by atoms with E-state index in [1.54, 1.807) is 0 Å². The normalized spacial score (nSPS) is 14.5. The van der Waals surface area contributed by atoms with E-state index in [2.05, 4.69) is 43.2 Å². The predicted octanol–water partition coefficient (Wildman–Crippen LogP) is 3.43. The monoisotopic (exact) mass is 234 g/mol. The predicted molar refractivity (Wildman–Crippen MR) is 74.1 cm³/mol. The molecule has 1 aromatic heterocycles. The van der Waals surface area contributed by atoms with E-state index in [4.69, 9.17) is 0 Å². The van der Waals surface area contributed by atoms with Gasteiger partial charge in [0.2, 0.25) is 0 Å². The molecule has 0 aliphatic heterocycles. The van der Waals surface area contributed by atoms with E-state index in [1.807, 2.05) is 12.4 Å². The quantitative estimate of drug-likeness (QED) is 0.745. The van der Waals surface area contributed by atoms with Gasteiger partial charge in [0.05, 0.1) is 0 Å². The van der Waals surface area contributed by atoms with E-state index < -0.39 is 0 Å². The Labute approximate surface area is 106 Å². The summed E-state index contributed by atoms with van der Waals surface area (Å²) in [7, 11) is 0. The Kier molecular flexibility index (Phi) is 6.87. The summed E-state index contributed by atoms with van der Waals surface area (Å²) in [6, 6.07) is 4.85. The molecule has 0 bridgehead atoms. The maximum absolute atomic E-state index is 4.07. The fraction of sp³-hybridized carbons (Fsp3) is 0.667. The van der Waals surface area contributed by atoms with Crippen LogP contribution in [0.5, 0.6) is 0 Å². The smallest absolute Gasteiger partial charge is 0.0270 e. The molecule has 0 radical (unpaired) electrons. The number of aromatic nitrogens is 1. The van der Waals surface area contributed by atoms with Crippen LogP contribution < -0.4 is 5.32 Å². The number of pyridine rings is 1. The van der Waals surface area contributed by atoms with Gasteiger partial charge in [-0.05, 0) is 49.4 Å². The Morgan fingerprint density at radius 2 is 1.94 bits per heavy atom. The highest BCUT2D eigenvalue weighted by atomic mass is 14.9. The molecule has 2 atom stereocenters. The SMILES string of the molecule is CCCNC(Cc1ccncc1)CC(C)CC. The number of nitrogens with zero attached hydrogens (tertiary/aromatic N) is 1. The Hall–Kier alpha value is -0.890. The van der Waals surface area contributed by atoms with Crippen LogP contribution in [-0.4, -0.2) is 17.6 Å². The highest BCUT2D eigenvalue weighted by molar-refractivity contribution is 5.11. The van der Waals surface area contributed by atoms with Crippen molar-refractivity contribution in [2.24, 2.45) is 5.92 Å². The van der Waals surface area contributed by atoms with E-state index >= 15 is 0 Å². The third-order valence-corrected chi connectivity index (χ3v) is 3.30. The maximum atomic E-state index is 4.07. The summed E-state index contributed by atoms with van der Waals surface area (Å²) < 4.78 is 0. The van der Waals surface area contributed by atoms with E-state index in [0.29, 0.717) is 6.04 Å². The molecule has 1 aromatic rings. The third kappa shape index (κ3) is 5.83. The maximum Gasteiger partial charge on any atom is 0.0270 e. The number of rotatable bonds is 8. The first-order valence-corrected chi connectivity index (χ1v) is 6.88. The average Bonchev–Trinajstić information content (AvgIpc) is 2.37. The van der Waals surface area contributed by atoms with E-state index in [-0.39, 0.29) is 0 Å². The molecule has 2 nitrogen and oxygen atoms in total. The minimum atomic E-state index is 0.604. The van der Waals surface area contributed by atoms with E-state index in [9.17, 15) is 0 Å². The number of hydrogen-bond acceptors (Lipinski definition) is 2. The molecule has 0 fully saturated rings. The Bertz CT molecular complexity index is 284. The van der Waals surface area contributed by atoms with Crippen LogP contribution in [0.4, 0.5) is 0 Å². The van der Waals surface area contributed by atoms with Crippen molar-refractivity contribution < 1.29 is 0 Å². The van der Waals surface area contributed by atoms with Gasteiger partial charge in [0.15, 0.2) is 0 Å². The molecule has 0 saturated carbocycles. The molecule has 0 aromatic carbocycles. The van der Waals surface area contributed by atoms with Crippen molar-refractivity contribution in [3.8, 4) is 0 Å². The zero-order valence-corrected chi connectivity index (χ0v) is 11.4. The molecule has 1 N–H and O–H groups in total. The molecule has 0 aliphatic rings. The van der Waals surface area contributed by atoms with Gasteiger partial charge in [0.1, 0.15) is 0 Å². The second-order valence-electron chi connectivity index (χ2n) is 4.96. The van der Waals surface area contributed by atoms with Crippen LogP contribution in [0.1, 0.15) is 45.6 Å². The fourth-order valence-electron chi connectivity index (χ4n) is 2.04. The molecule has 1 rings (SSSR count). The van der Waals surface area contributed by atoms with Gasteiger partial charge in [-0.1, -0.05) is 27.2 Å². The first-order valence-electron chi connectivity index (χ1n) is 6.88. The summed E-state index contributed by atoms with van der Waals surface area (Å²) in [5, 5.41) is 3.66. The van der Waals surface area contributed by atoms with Gasteiger partial charge < -0.3 is 5.32 Å². The lowest BCUT2D eigenvalue weighted by atomic mass is 9.95. The van der Waals surface area contributed by atoms with Crippen molar-refractivity contribution in [3.05, 3.63) is 30.1 Å². The van der Waals surface area contributed by atoms with Crippen molar-refractivity contribution in [2.75, 3.05) is 6.54 Å². The minimum Gasteiger partial charge on any atom is -0.314 e. The molecule has 0 saturated heterocycles. The lowest BCUT2D eigenvalue weighted by Gasteiger charge is -2.21. The highest BCUT2D eigenvalue weighted by Crippen LogP contribution is 2.13. The first-order chi connectivity index (χ1) is 8.26. The van der Waals surface area contributed by atoms with Crippen LogP contribution in [0.15, 0.2) is 24.5 Å². The second kappa shape index (κ2) is 8.24. The van der Waals surface area contributed by atoms with Crippen molar-refractivity contribution in [1.82, 2.24) is 10.3 Å². The van der Waals surface area contributed by atoms with Crippen LogP contribution >= 0.6 is 0 Å². The lowest BCUT2D eigenvalue weighted by Crippen LogP contribution is -2.33. The zero-order valence-electron chi connectivity index (χ0n) is 11.4. The van der Waals surface area contributed by atoms with Crippen molar-refractivity contribution in [3.63, 3.8) is 0 Å². The summed E-state index contributed by atoms with van der Waals surface area (Å²) in [6.45, 7) is 7.95. The standard InChI is InChI=1S/C15H26N2/c1-4-8-17-15(11-13(3)5-2)12-14-6-9-16-10-7-14/h6-7,9-10,13,15,17H,4-5,8,11-12H2,1-3H3. The summed E-state index contributed by atoms with van der Waals surface area (Å²) >= 11 is 0. The van der Waals surface area contributed by atoms with Crippen LogP contribution in [-0.2, 0) is 6.42 Å². The van der Waals surface area contributed by atoms with Gasteiger partial charge in [-0.3, -0.25) is 4.98 Å². The van der Waals surface area contributed by atoms with Gasteiger partial charge in [0, 0.05) is 18.4 Å². The molecule has 0 spiro atoms. The average molecular weight is 234 g/mol. The zero-order chi connectivity index (χ0) is 12.5. The molecule has 2 heteroatoms. The lowest BCUT2D eigenvalue weighted by molar-refractivity contribution is 0.391. The second-order valence-corrected chi connectivity index (χ2v) is 4.96. The van der Waals surface area contributed by atoms with Gasteiger partial charge in [-0.15, -0.1) is 0 Å². The molecule has 0 aliphatic carbocycles. The van der Waals surface area contributed by atoms with Crippen molar-refractivity contribution in [2.45, 2.75) is 52.5 Å². The summed E-state index contributed by atoms with van der Waals surface area (Å²) in [5.74, 6) is 0.797. The highest BCUT2D eigenvalue weighted by Gasteiger charge is 2.12. The molecule has 96 valence electrons. The van der Waals surface area contributed by atoms with E-state index in [0.717, 1.165) is 18.9 Å². The molecule has 17 heavy (non-hydrogen) atoms. The van der Waals surface area contributed by atoms with Crippen LogP contribution in [0.3, 0.4) is 0 Å². The fourth-order valence-corrected chi connectivity index (χ4v) is 2.04. The molecule has 2 unspecified atom stereocenters. The third-order valence-electron chi connectivity index (χ3n) is 3.30. The van der Waals surface area contributed by atoms with Crippen molar-refractivity contribution in [1.29, 1.82) is 0 Å². The topological polar surface area (TPSA) is 24.9 Å². The Balaban J connectivity index is 2.50. The molecular formula is C15H26N2. The van der Waals surface area contributed by atoms with Crippen LogP contribution in [0.2, 0.25) is 0 Å². The van der Waals surface area contributed by atoms with Gasteiger partial charge >= 0.3 is 0 Å². The molecular weight excluding hydrogens is 208 g/mol. The minimum absolute atomic E-state index is 0.604. The molecule has 1 heterocycles. The summed E-state index contributed by atoms with van der Waals surface area (Å²) in [4.78, 5) is 4.07. The first kappa shape index (κ1) is 14.2. The van der Waals surface area contributed by atoms with Crippen molar-refractivity contribution >= 4 is 0 Å². The van der Waals surface area contributed by atoms with Gasteiger partial charge in [-0.25, -0.2) is 0 Å². The number of hydrogen-bond donors (Lipinski definition) is 1.